The fourth-order valence-corrected chi connectivity index (χ4v) is 6.29. The third-order valence-electron chi connectivity index (χ3n) is 8.81. The molecule has 0 spiro atoms. The van der Waals surface area contributed by atoms with Crippen molar-refractivity contribution >= 4 is 22.6 Å². The molecule has 3 aromatic heterocycles. The highest BCUT2D eigenvalue weighted by molar-refractivity contribution is 5.90. The van der Waals surface area contributed by atoms with Crippen LogP contribution in [0.2, 0.25) is 0 Å². The van der Waals surface area contributed by atoms with E-state index in [1.165, 1.54) is 17.7 Å². The number of amides is 1. The number of phenolic OH excluding ortho intramolecular Hbond substituents is 2. The molecular weight excluding hydrogens is 576 g/mol. The number of nitrogens with zero attached hydrogens (tertiary/aromatic N) is 5. The van der Waals surface area contributed by atoms with E-state index in [1.807, 2.05) is 41.9 Å². The van der Waals surface area contributed by atoms with Gasteiger partial charge in [0.15, 0.2) is 22.8 Å². The number of rotatable bonds is 8. The molecule has 4 heterocycles. The number of fused-ring (bicyclic) bond motifs is 3. The molecule has 0 saturated carbocycles. The van der Waals surface area contributed by atoms with Crippen molar-refractivity contribution in [2.24, 2.45) is 5.92 Å². The number of phenols is 2. The minimum atomic E-state index is -0.142. The van der Waals surface area contributed by atoms with Crippen LogP contribution in [0.1, 0.15) is 29.7 Å². The molecule has 0 aliphatic carbocycles. The number of carbonyl (C=O) groups excluding carboxylic acids is 1. The molecule has 0 atom stereocenters. The number of nitrogens with one attached hydrogen (secondary N) is 1. The Morgan fingerprint density at radius 3 is 2.41 bits per heavy atom. The number of likely N-dealkylation sites (tertiary alicyclic amines) is 1. The Morgan fingerprint density at radius 1 is 0.891 bits per heavy atom. The number of benzene rings is 3. The van der Waals surface area contributed by atoms with Crippen molar-refractivity contribution in [2.75, 3.05) is 19.6 Å². The Labute approximate surface area is 267 Å². The predicted molar refractivity (Wildman–Crippen MR) is 178 cm³/mol. The third-order valence-corrected chi connectivity index (χ3v) is 8.81. The van der Waals surface area contributed by atoms with E-state index in [-0.39, 0.29) is 23.3 Å². The van der Waals surface area contributed by atoms with Crippen molar-refractivity contribution in [1.29, 1.82) is 0 Å². The van der Waals surface area contributed by atoms with Crippen LogP contribution in [-0.4, -0.2) is 60.2 Å². The summed E-state index contributed by atoms with van der Waals surface area (Å²) in [5, 5.41) is 27.8. The van der Waals surface area contributed by atoms with Gasteiger partial charge in [0, 0.05) is 47.8 Å². The molecule has 1 fully saturated rings. The van der Waals surface area contributed by atoms with Crippen LogP contribution in [0, 0.1) is 12.8 Å². The molecule has 3 aromatic carbocycles. The Balaban J connectivity index is 1.02. The van der Waals surface area contributed by atoms with Crippen LogP contribution in [0.5, 0.6) is 11.5 Å². The molecule has 1 aliphatic heterocycles. The van der Waals surface area contributed by atoms with Crippen molar-refractivity contribution < 1.29 is 15.0 Å². The van der Waals surface area contributed by atoms with E-state index < -0.39 is 0 Å². The van der Waals surface area contributed by atoms with E-state index in [1.54, 1.807) is 6.07 Å². The number of piperidine rings is 1. The topological polar surface area (TPSA) is 116 Å². The highest BCUT2D eigenvalue weighted by atomic mass is 16.3. The second kappa shape index (κ2) is 12.6. The molecule has 1 saturated heterocycles. The van der Waals surface area contributed by atoms with E-state index >= 15 is 0 Å². The van der Waals surface area contributed by atoms with E-state index in [0.29, 0.717) is 13.0 Å². The van der Waals surface area contributed by atoms with Gasteiger partial charge in [0.05, 0.1) is 11.4 Å². The average molecular weight is 613 g/mol. The Kier molecular flexibility index (Phi) is 8.07. The molecule has 1 aliphatic rings. The van der Waals surface area contributed by atoms with Crippen molar-refractivity contribution in [1.82, 2.24) is 29.8 Å². The van der Waals surface area contributed by atoms with Gasteiger partial charge in [-0.3, -0.25) is 9.69 Å². The van der Waals surface area contributed by atoms with Gasteiger partial charge in [-0.2, -0.15) is 9.61 Å². The van der Waals surface area contributed by atoms with Gasteiger partial charge < -0.3 is 15.5 Å². The standard InChI is InChI=1S/C37H36N6O3/c1-24-19-34-39-22-30-21-31(27-5-3-2-4-6-27)35(40-36(30)43(34)41-24)28-10-7-26(8-11-28)23-42-17-14-29(15-18-42)37(46)38-16-13-25-9-12-32(44)33(45)20-25/h2-12,19-22,29,44-45H,13-18,23H2,1H3,(H,38,46). The first-order chi connectivity index (χ1) is 22.4. The molecule has 3 N–H and O–H groups in total. The molecule has 0 radical (unpaired) electrons. The lowest BCUT2D eigenvalue weighted by Crippen LogP contribution is -2.40. The number of aromatic nitrogens is 4. The van der Waals surface area contributed by atoms with Crippen LogP contribution >= 0.6 is 0 Å². The van der Waals surface area contributed by atoms with Crippen LogP contribution < -0.4 is 5.32 Å². The maximum absolute atomic E-state index is 12.8. The van der Waals surface area contributed by atoms with Crippen LogP contribution in [0.4, 0.5) is 0 Å². The highest BCUT2D eigenvalue weighted by Gasteiger charge is 2.25. The van der Waals surface area contributed by atoms with E-state index in [4.69, 9.17) is 4.98 Å². The van der Waals surface area contributed by atoms with Gasteiger partial charge in [-0.15, -0.1) is 0 Å². The monoisotopic (exact) mass is 612 g/mol. The van der Waals surface area contributed by atoms with Gasteiger partial charge in [-0.05, 0) is 74.2 Å². The Bertz CT molecular complexity index is 2020. The number of carbonyl (C=O) groups is 1. The van der Waals surface area contributed by atoms with Gasteiger partial charge in [0.1, 0.15) is 0 Å². The number of aromatic hydroxyl groups is 2. The van der Waals surface area contributed by atoms with Gasteiger partial charge in [0.25, 0.3) is 0 Å². The Hall–Kier alpha value is -5.28. The Morgan fingerprint density at radius 2 is 1.65 bits per heavy atom. The molecule has 9 heteroatoms. The quantitative estimate of drug-likeness (QED) is 0.183. The van der Waals surface area contributed by atoms with Crippen LogP contribution in [0.3, 0.4) is 0 Å². The second-order valence-electron chi connectivity index (χ2n) is 12.1. The van der Waals surface area contributed by atoms with Gasteiger partial charge in [0.2, 0.25) is 5.91 Å². The normalized spacial score (nSPS) is 14.2. The maximum atomic E-state index is 12.8. The lowest BCUT2D eigenvalue weighted by molar-refractivity contribution is -0.126. The molecular formula is C37H36N6O3. The largest absolute Gasteiger partial charge is 0.504 e. The first kappa shape index (κ1) is 29.4. The van der Waals surface area contributed by atoms with E-state index in [0.717, 1.165) is 82.8 Å². The first-order valence-electron chi connectivity index (χ1n) is 15.7. The van der Waals surface area contributed by atoms with E-state index in [9.17, 15) is 15.0 Å². The minimum absolute atomic E-state index is 0.00229. The summed E-state index contributed by atoms with van der Waals surface area (Å²) in [5.41, 5.74) is 8.64. The van der Waals surface area contributed by atoms with Crippen molar-refractivity contribution in [3.63, 3.8) is 0 Å². The fraction of sp³-hybridized carbons (Fsp3) is 0.243. The van der Waals surface area contributed by atoms with Crippen molar-refractivity contribution in [3.8, 4) is 33.9 Å². The second-order valence-corrected chi connectivity index (χ2v) is 12.1. The lowest BCUT2D eigenvalue weighted by Gasteiger charge is -2.31. The van der Waals surface area contributed by atoms with Crippen LogP contribution in [0.15, 0.2) is 91.1 Å². The summed E-state index contributed by atoms with van der Waals surface area (Å²) >= 11 is 0. The third kappa shape index (κ3) is 6.14. The van der Waals surface area contributed by atoms with Gasteiger partial charge in [-0.25, -0.2) is 9.97 Å². The number of hydrogen-bond acceptors (Lipinski definition) is 7. The summed E-state index contributed by atoms with van der Waals surface area (Å²) in [6, 6.07) is 27.8. The molecule has 46 heavy (non-hydrogen) atoms. The van der Waals surface area contributed by atoms with Gasteiger partial charge >= 0.3 is 0 Å². The SMILES string of the molecule is Cc1cc2ncc3cc(-c4ccccc4)c(-c4ccc(CN5CCC(C(=O)NCCc6ccc(O)c(O)c6)CC5)cc4)nc3n2n1. The summed E-state index contributed by atoms with van der Waals surface area (Å²) in [6.07, 6.45) is 4.11. The van der Waals surface area contributed by atoms with Crippen molar-refractivity contribution in [2.45, 2.75) is 32.7 Å². The zero-order valence-electron chi connectivity index (χ0n) is 25.7. The number of hydrogen-bond donors (Lipinski definition) is 3. The fourth-order valence-electron chi connectivity index (χ4n) is 6.29. The molecule has 7 rings (SSSR count). The summed E-state index contributed by atoms with van der Waals surface area (Å²) < 4.78 is 1.82. The maximum Gasteiger partial charge on any atom is 0.223 e. The molecule has 6 aromatic rings. The summed E-state index contributed by atoms with van der Waals surface area (Å²) in [6.45, 7) is 5.02. The highest BCUT2D eigenvalue weighted by Crippen LogP contribution is 2.34. The van der Waals surface area contributed by atoms with Crippen LogP contribution in [0.25, 0.3) is 39.1 Å². The molecule has 0 unspecified atom stereocenters. The summed E-state index contributed by atoms with van der Waals surface area (Å²) in [5.74, 6) is -0.194. The predicted octanol–water partition coefficient (Wildman–Crippen LogP) is 5.90. The zero-order valence-corrected chi connectivity index (χ0v) is 25.7. The lowest BCUT2D eigenvalue weighted by atomic mass is 9.95. The van der Waals surface area contributed by atoms with Gasteiger partial charge in [-0.1, -0.05) is 60.7 Å². The first-order valence-corrected chi connectivity index (χ1v) is 15.7. The number of aryl methyl sites for hydroxylation is 1. The smallest absolute Gasteiger partial charge is 0.223 e. The zero-order chi connectivity index (χ0) is 31.6. The summed E-state index contributed by atoms with van der Waals surface area (Å²) in [7, 11) is 0. The summed E-state index contributed by atoms with van der Waals surface area (Å²) in [4.78, 5) is 25.0. The van der Waals surface area contributed by atoms with Crippen LogP contribution in [-0.2, 0) is 17.8 Å². The molecule has 9 nitrogen and oxygen atoms in total. The molecule has 232 valence electrons. The number of pyridine rings is 1. The molecule has 1 amide bonds. The minimum Gasteiger partial charge on any atom is -0.504 e. The molecule has 0 bridgehead atoms. The van der Waals surface area contributed by atoms with Crippen molar-refractivity contribution in [3.05, 3.63) is 108 Å². The average Bonchev–Trinajstić information content (AvgIpc) is 3.47. The van der Waals surface area contributed by atoms with E-state index in [2.05, 4.69) is 62.8 Å².